The molecule has 7 nitrogen and oxygen atoms in total. The minimum Gasteiger partial charge on any atom is -0.467 e. The minimum atomic E-state index is -5.30. The fourth-order valence-corrected chi connectivity index (χ4v) is 3.47. The Bertz CT molecular complexity index is 940. The van der Waals surface area contributed by atoms with E-state index in [-0.39, 0.29) is 23.6 Å². The number of esters is 1. The standard InChI is InChI=1S/C19H20F3N3O4/c1-11-15(16(23)25(24-11)12-6-4-3-5-7-12)13-8-9-29-10-14(13)18(27,17(26)28-2)19(20,21)22/h3-8,14,27H,9-10,23H2,1-2H3/t14?,18-/m0/s1. The van der Waals surface area contributed by atoms with Crippen molar-refractivity contribution in [2.45, 2.75) is 18.7 Å². The molecule has 1 aliphatic rings. The molecule has 2 atom stereocenters. The summed E-state index contributed by atoms with van der Waals surface area (Å²) in [5, 5.41) is 14.8. The molecule has 1 aliphatic heterocycles. The van der Waals surface area contributed by atoms with Crippen molar-refractivity contribution in [3.8, 4) is 5.69 Å². The smallest absolute Gasteiger partial charge is 0.428 e. The molecule has 0 aliphatic carbocycles. The highest BCUT2D eigenvalue weighted by Crippen LogP contribution is 2.46. The number of nitrogens with zero attached hydrogens (tertiary/aromatic N) is 2. The minimum absolute atomic E-state index is 0.00363. The number of hydrogen-bond donors (Lipinski definition) is 2. The normalized spacial score (nSPS) is 19.4. The molecule has 3 N–H and O–H groups in total. The van der Waals surface area contributed by atoms with E-state index in [1.807, 2.05) is 0 Å². The summed E-state index contributed by atoms with van der Waals surface area (Å²) in [6.45, 7) is 1.03. The Morgan fingerprint density at radius 1 is 1.34 bits per heavy atom. The molecule has 1 aromatic carbocycles. The van der Waals surface area contributed by atoms with Crippen molar-refractivity contribution >= 4 is 17.4 Å². The molecule has 0 saturated carbocycles. The molecule has 2 aromatic rings. The van der Waals surface area contributed by atoms with Gasteiger partial charge in [0.2, 0.25) is 0 Å². The van der Waals surface area contributed by atoms with Crippen LogP contribution in [0.15, 0.2) is 36.4 Å². The Hall–Kier alpha value is -2.85. The van der Waals surface area contributed by atoms with Gasteiger partial charge in [0, 0.05) is 5.56 Å². The van der Waals surface area contributed by atoms with Gasteiger partial charge in [-0.25, -0.2) is 9.48 Å². The first-order valence-electron chi connectivity index (χ1n) is 8.69. The van der Waals surface area contributed by atoms with Crippen LogP contribution < -0.4 is 5.73 Å². The molecular weight excluding hydrogens is 391 g/mol. The van der Waals surface area contributed by atoms with Crippen LogP contribution in [0.4, 0.5) is 19.0 Å². The van der Waals surface area contributed by atoms with Gasteiger partial charge in [0.1, 0.15) is 5.82 Å². The lowest BCUT2D eigenvalue weighted by molar-refractivity contribution is -0.275. The van der Waals surface area contributed by atoms with E-state index in [4.69, 9.17) is 10.5 Å². The Balaban J connectivity index is 2.16. The number of nitrogen functional groups attached to an aromatic ring is 1. The van der Waals surface area contributed by atoms with Gasteiger partial charge < -0.3 is 20.3 Å². The fraction of sp³-hybridized carbons (Fsp3) is 0.368. The zero-order valence-corrected chi connectivity index (χ0v) is 15.7. The monoisotopic (exact) mass is 411 g/mol. The second-order valence-corrected chi connectivity index (χ2v) is 6.60. The van der Waals surface area contributed by atoms with Crippen molar-refractivity contribution in [1.29, 1.82) is 0 Å². The lowest BCUT2D eigenvalue weighted by atomic mass is 9.77. The molecule has 0 spiro atoms. The van der Waals surface area contributed by atoms with E-state index in [0.29, 0.717) is 11.4 Å². The van der Waals surface area contributed by atoms with E-state index < -0.39 is 30.3 Å². The third-order valence-corrected chi connectivity index (χ3v) is 4.90. The van der Waals surface area contributed by atoms with Gasteiger partial charge in [0.25, 0.3) is 5.60 Å². The number of hydrogen-bond acceptors (Lipinski definition) is 6. The number of ether oxygens (including phenoxy) is 2. The maximum Gasteiger partial charge on any atom is 0.428 e. The van der Waals surface area contributed by atoms with Gasteiger partial charge in [-0.15, -0.1) is 0 Å². The first-order valence-corrected chi connectivity index (χ1v) is 8.69. The third kappa shape index (κ3) is 3.38. The van der Waals surface area contributed by atoms with E-state index in [9.17, 15) is 23.1 Å². The molecular formula is C19H20F3N3O4. The summed E-state index contributed by atoms with van der Waals surface area (Å²) in [4.78, 5) is 12.0. The molecule has 3 rings (SSSR count). The maximum atomic E-state index is 13.8. The van der Waals surface area contributed by atoms with Gasteiger partial charge in [-0.1, -0.05) is 24.3 Å². The maximum absolute atomic E-state index is 13.8. The summed E-state index contributed by atoms with van der Waals surface area (Å²) >= 11 is 0. The number of benzene rings is 1. The lowest BCUT2D eigenvalue weighted by Crippen LogP contribution is -2.60. The van der Waals surface area contributed by atoms with Crippen molar-refractivity contribution in [3.63, 3.8) is 0 Å². The van der Waals surface area contributed by atoms with E-state index in [2.05, 4.69) is 9.84 Å². The number of methoxy groups -OCH3 is 1. The molecule has 1 unspecified atom stereocenters. The van der Waals surface area contributed by atoms with Crippen LogP contribution in [0.5, 0.6) is 0 Å². The number of aromatic nitrogens is 2. The van der Waals surface area contributed by atoms with Gasteiger partial charge in [0.05, 0.1) is 37.6 Å². The van der Waals surface area contributed by atoms with Crippen LogP contribution in [0.3, 0.4) is 0 Å². The van der Waals surface area contributed by atoms with Crippen LogP contribution in [0, 0.1) is 12.8 Å². The van der Waals surface area contributed by atoms with Crippen molar-refractivity contribution < 1.29 is 32.5 Å². The summed E-state index contributed by atoms with van der Waals surface area (Å²) in [5.74, 6) is -3.52. The third-order valence-electron chi connectivity index (χ3n) is 4.90. The number of aryl methyl sites for hydroxylation is 1. The SMILES string of the molecule is COC(=O)[C@@](O)(C1COCC=C1c1c(C)nn(-c2ccccc2)c1N)C(F)(F)F. The van der Waals surface area contributed by atoms with Gasteiger partial charge in [0.15, 0.2) is 0 Å². The largest absolute Gasteiger partial charge is 0.467 e. The van der Waals surface area contributed by atoms with Gasteiger partial charge in [-0.05, 0) is 24.6 Å². The van der Waals surface area contributed by atoms with Crippen molar-refractivity contribution in [1.82, 2.24) is 9.78 Å². The molecule has 0 saturated heterocycles. The molecule has 0 amide bonds. The number of anilines is 1. The number of carbonyl (C=O) groups is 1. The Kier molecular flexibility index (Phi) is 5.42. The molecule has 0 bridgehead atoms. The first kappa shape index (κ1) is 20.9. The second-order valence-electron chi connectivity index (χ2n) is 6.60. The molecule has 29 heavy (non-hydrogen) atoms. The topological polar surface area (TPSA) is 99.6 Å². The van der Waals surface area contributed by atoms with E-state index in [1.54, 1.807) is 37.3 Å². The van der Waals surface area contributed by atoms with Crippen LogP contribution >= 0.6 is 0 Å². The number of halogens is 3. The number of rotatable bonds is 4. The van der Waals surface area contributed by atoms with Gasteiger partial charge in [-0.3, -0.25) is 0 Å². The lowest BCUT2D eigenvalue weighted by Gasteiger charge is -2.37. The number of aliphatic hydroxyl groups is 1. The van der Waals surface area contributed by atoms with Crippen LogP contribution in [-0.4, -0.2) is 53.0 Å². The average Bonchev–Trinajstić information content (AvgIpc) is 3.00. The summed E-state index contributed by atoms with van der Waals surface area (Å²) in [6, 6.07) is 8.81. The highest BCUT2D eigenvalue weighted by atomic mass is 19.4. The number of nitrogens with two attached hydrogens (primary N) is 1. The number of carbonyl (C=O) groups excluding carboxylic acids is 1. The molecule has 0 fully saturated rings. The van der Waals surface area contributed by atoms with Crippen LogP contribution in [0.25, 0.3) is 11.3 Å². The fourth-order valence-electron chi connectivity index (χ4n) is 3.47. The van der Waals surface area contributed by atoms with Crippen LogP contribution in [0.1, 0.15) is 11.3 Å². The average molecular weight is 411 g/mol. The van der Waals surface area contributed by atoms with Crippen molar-refractivity contribution in [3.05, 3.63) is 47.7 Å². The molecule has 0 radical (unpaired) electrons. The van der Waals surface area contributed by atoms with Gasteiger partial charge in [-0.2, -0.15) is 18.3 Å². The number of alkyl halides is 3. The zero-order chi connectivity index (χ0) is 21.4. The van der Waals surface area contributed by atoms with E-state index in [0.717, 1.165) is 7.11 Å². The Labute approximate surface area is 164 Å². The summed E-state index contributed by atoms with van der Waals surface area (Å²) in [7, 11) is 0.777. The summed E-state index contributed by atoms with van der Waals surface area (Å²) < 4.78 is 52.2. The van der Waals surface area contributed by atoms with Crippen molar-refractivity contribution in [2.24, 2.45) is 5.92 Å². The zero-order valence-electron chi connectivity index (χ0n) is 15.7. The van der Waals surface area contributed by atoms with Gasteiger partial charge >= 0.3 is 12.1 Å². The second kappa shape index (κ2) is 7.53. The number of para-hydroxylation sites is 1. The predicted octanol–water partition coefficient (Wildman–Crippen LogP) is 2.26. The molecule has 1 aromatic heterocycles. The predicted molar refractivity (Wildman–Crippen MR) is 98.0 cm³/mol. The Morgan fingerprint density at radius 3 is 2.59 bits per heavy atom. The highest BCUT2D eigenvalue weighted by Gasteiger charge is 2.66. The van der Waals surface area contributed by atoms with Crippen LogP contribution in [0.2, 0.25) is 0 Å². The molecule has 10 heteroatoms. The first-order chi connectivity index (χ1) is 13.6. The van der Waals surface area contributed by atoms with Crippen molar-refractivity contribution in [2.75, 3.05) is 26.1 Å². The summed E-state index contributed by atoms with van der Waals surface area (Å²) in [5.41, 5.74) is 3.63. The van der Waals surface area contributed by atoms with E-state index in [1.165, 1.54) is 10.8 Å². The molecule has 156 valence electrons. The highest BCUT2D eigenvalue weighted by molar-refractivity contribution is 5.87. The Morgan fingerprint density at radius 2 is 2.00 bits per heavy atom. The van der Waals surface area contributed by atoms with E-state index >= 15 is 0 Å². The quantitative estimate of drug-likeness (QED) is 0.749. The summed E-state index contributed by atoms with van der Waals surface area (Å²) in [6.07, 6.45) is -3.94. The molecule has 2 heterocycles. The van der Waals surface area contributed by atoms with Crippen LogP contribution in [-0.2, 0) is 14.3 Å².